The number of halogens is 2. The van der Waals surface area contributed by atoms with Gasteiger partial charge in [-0.25, -0.2) is 8.78 Å². The first-order valence-electron chi connectivity index (χ1n) is 4.68. The minimum absolute atomic E-state index is 0.364. The fraction of sp³-hybridized carbons (Fsp3) is 0. The molecule has 0 saturated heterocycles. The molecule has 4 heteroatoms. The van der Waals surface area contributed by atoms with Gasteiger partial charge in [-0.05, 0) is 18.2 Å². The van der Waals surface area contributed by atoms with Crippen LogP contribution in [0.3, 0.4) is 0 Å². The van der Waals surface area contributed by atoms with Crippen molar-refractivity contribution >= 4 is 11.8 Å². The number of ether oxygens (including phenoxy) is 1. The summed E-state index contributed by atoms with van der Waals surface area (Å²) in [5, 5.41) is 0. The lowest BCUT2D eigenvalue weighted by Crippen LogP contribution is -1.97. The summed E-state index contributed by atoms with van der Waals surface area (Å²) in [6.45, 7) is 0. The van der Waals surface area contributed by atoms with E-state index in [4.69, 9.17) is 4.74 Å². The van der Waals surface area contributed by atoms with Crippen molar-refractivity contribution in [3.05, 3.63) is 48.0 Å². The summed E-state index contributed by atoms with van der Waals surface area (Å²) in [7, 11) is 0. The van der Waals surface area contributed by atoms with Gasteiger partial charge in [-0.15, -0.1) is 0 Å². The lowest BCUT2D eigenvalue weighted by Gasteiger charge is -2.19. The van der Waals surface area contributed by atoms with Gasteiger partial charge in [-0.1, -0.05) is 23.9 Å². The molecule has 0 spiro atoms. The van der Waals surface area contributed by atoms with Crippen molar-refractivity contribution in [3.63, 3.8) is 0 Å². The molecule has 1 heterocycles. The fourth-order valence-electron chi connectivity index (χ4n) is 1.53. The maximum atomic E-state index is 13.0. The molecule has 0 fully saturated rings. The zero-order valence-electron chi connectivity index (χ0n) is 8.04. The van der Waals surface area contributed by atoms with Crippen LogP contribution in [0, 0.1) is 11.6 Å². The Morgan fingerprint density at radius 2 is 1.62 bits per heavy atom. The average molecular weight is 236 g/mol. The minimum Gasteiger partial charge on any atom is -0.455 e. The number of hydrogen-bond acceptors (Lipinski definition) is 2. The second-order valence-electron chi connectivity index (χ2n) is 3.36. The van der Waals surface area contributed by atoms with Crippen LogP contribution in [0.4, 0.5) is 8.78 Å². The highest BCUT2D eigenvalue weighted by molar-refractivity contribution is 7.99. The molecular weight excluding hydrogens is 230 g/mol. The predicted octanol–water partition coefficient (Wildman–Crippen LogP) is 4.22. The Kier molecular flexibility index (Phi) is 2.11. The lowest BCUT2D eigenvalue weighted by molar-refractivity contribution is 0.436. The predicted molar refractivity (Wildman–Crippen MR) is 57.0 cm³/mol. The van der Waals surface area contributed by atoms with Crippen molar-refractivity contribution in [2.24, 2.45) is 0 Å². The Morgan fingerprint density at radius 1 is 0.875 bits per heavy atom. The van der Waals surface area contributed by atoms with Crippen LogP contribution in [0.2, 0.25) is 0 Å². The van der Waals surface area contributed by atoms with Crippen LogP contribution in [0.5, 0.6) is 11.5 Å². The molecule has 0 saturated carbocycles. The number of fused-ring (bicyclic) bond motifs is 2. The van der Waals surface area contributed by atoms with Gasteiger partial charge in [0.1, 0.15) is 11.5 Å². The largest absolute Gasteiger partial charge is 0.455 e. The zero-order chi connectivity index (χ0) is 11.1. The highest BCUT2D eigenvalue weighted by Gasteiger charge is 2.19. The lowest BCUT2D eigenvalue weighted by atomic mass is 10.3. The van der Waals surface area contributed by atoms with Crippen LogP contribution >= 0.6 is 11.8 Å². The minimum atomic E-state index is -0.890. The molecule has 1 aliphatic rings. The topological polar surface area (TPSA) is 9.23 Å². The molecule has 2 aromatic rings. The molecule has 0 bridgehead atoms. The number of para-hydroxylation sites is 1. The molecule has 2 aromatic carbocycles. The van der Waals surface area contributed by atoms with E-state index in [-0.39, 0.29) is 0 Å². The van der Waals surface area contributed by atoms with Crippen LogP contribution in [0.1, 0.15) is 0 Å². The third-order valence-electron chi connectivity index (χ3n) is 2.28. The van der Waals surface area contributed by atoms with Crippen LogP contribution < -0.4 is 4.74 Å². The van der Waals surface area contributed by atoms with E-state index < -0.39 is 11.6 Å². The van der Waals surface area contributed by atoms with E-state index in [1.54, 1.807) is 6.07 Å². The van der Waals surface area contributed by atoms with Gasteiger partial charge in [0.2, 0.25) is 0 Å². The highest BCUT2D eigenvalue weighted by Crippen LogP contribution is 2.47. The Balaban J connectivity index is 2.12. The Bertz CT molecular complexity index is 519. The summed E-state index contributed by atoms with van der Waals surface area (Å²) in [6, 6.07) is 9.62. The molecule has 0 radical (unpaired) electrons. The zero-order valence-corrected chi connectivity index (χ0v) is 8.85. The molecule has 1 aliphatic heterocycles. The molecule has 1 nitrogen and oxygen atoms in total. The molecule has 0 aromatic heterocycles. The van der Waals surface area contributed by atoms with Crippen molar-refractivity contribution in [3.8, 4) is 11.5 Å². The first-order chi connectivity index (χ1) is 7.74. The maximum Gasteiger partial charge on any atom is 0.162 e. The molecular formula is C12H6F2OS. The van der Waals surface area contributed by atoms with Crippen molar-refractivity contribution in [2.45, 2.75) is 9.79 Å². The van der Waals surface area contributed by atoms with Crippen LogP contribution in [0.25, 0.3) is 0 Å². The van der Waals surface area contributed by atoms with E-state index in [1.165, 1.54) is 11.8 Å². The van der Waals surface area contributed by atoms with Gasteiger partial charge >= 0.3 is 0 Å². The first kappa shape index (κ1) is 9.66. The summed E-state index contributed by atoms with van der Waals surface area (Å²) in [4.78, 5) is 1.50. The molecule has 0 amide bonds. The van der Waals surface area contributed by atoms with Crippen LogP contribution in [-0.4, -0.2) is 0 Å². The first-order valence-corrected chi connectivity index (χ1v) is 5.49. The van der Waals surface area contributed by atoms with Gasteiger partial charge in [-0.3, -0.25) is 0 Å². The Morgan fingerprint density at radius 3 is 2.50 bits per heavy atom. The van der Waals surface area contributed by atoms with Crippen LogP contribution in [0.15, 0.2) is 46.2 Å². The van der Waals surface area contributed by atoms with E-state index >= 15 is 0 Å². The van der Waals surface area contributed by atoms with Crippen molar-refractivity contribution in [1.29, 1.82) is 0 Å². The summed E-state index contributed by atoms with van der Waals surface area (Å²) >= 11 is 1.37. The van der Waals surface area contributed by atoms with Gasteiger partial charge in [0.15, 0.2) is 11.6 Å². The van der Waals surface area contributed by atoms with Crippen molar-refractivity contribution in [1.82, 2.24) is 0 Å². The standard InChI is InChI=1S/C12H6F2OS/c13-7-5-10-12(6-8(7)14)16-11-4-2-1-3-9(11)15-10/h1-6H. The number of rotatable bonds is 0. The summed E-state index contributed by atoms with van der Waals surface area (Å²) in [5.74, 6) is -0.707. The monoisotopic (exact) mass is 236 g/mol. The van der Waals surface area contributed by atoms with E-state index in [0.29, 0.717) is 16.4 Å². The quantitative estimate of drug-likeness (QED) is 0.578. The van der Waals surface area contributed by atoms with Crippen LogP contribution in [-0.2, 0) is 0 Å². The molecule has 80 valence electrons. The van der Waals surface area contributed by atoms with Crippen molar-refractivity contribution < 1.29 is 13.5 Å². The Labute approximate surface area is 95.1 Å². The second-order valence-corrected chi connectivity index (χ2v) is 4.45. The summed E-state index contributed by atoms with van der Waals surface area (Å²) < 4.78 is 31.5. The second kappa shape index (κ2) is 3.49. The smallest absolute Gasteiger partial charge is 0.162 e. The SMILES string of the molecule is Fc1cc2c(cc1F)Sc1ccccc1O2. The third kappa shape index (κ3) is 1.46. The van der Waals surface area contributed by atoms with Gasteiger partial charge in [-0.2, -0.15) is 0 Å². The van der Waals surface area contributed by atoms with Gasteiger partial charge in [0.25, 0.3) is 0 Å². The third-order valence-corrected chi connectivity index (χ3v) is 3.37. The number of benzene rings is 2. The molecule has 0 atom stereocenters. The summed E-state index contributed by atoms with van der Waals surface area (Å²) in [5.41, 5.74) is 0. The van der Waals surface area contributed by atoms with E-state index in [2.05, 4.69) is 0 Å². The molecule has 3 rings (SSSR count). The van der Waals surface area contributed by atoms with Gasteiger partial charge in [0.05, 0.1) is 9.79 Å². The molecule has 16 heavy (non-hydrogen) atoms. The highest BCUT2D eigenvalue weighted by atomic mass is 32.2. The Hall–Kier alpha value is -1.55. The van der Waals surface area contributed by atoms with Gasteiger partial charge in [0, 0.05) is 6.07 Å². The fourth-order valence-corrected chi connectivity index (χ4v) is 2.48. The van der Waals surface area contributed by atoms with Gasteiger partial charge < -0.3 is 4.74 Å². The normalized spacial score (nSPS) is 12.6. The molecule has 0 N–H and O–H groups in total. The van der Waals surface area contributed by atoms with E-state index in [9.17, 15) is 8.78 Å². The number of hydrogen-bond donors (Lipinski definition) is 0. The average Bonchev–Trinajstić information content (AvgIpc) is 2.28. The maximum absolute atomic E-state index is 13.0. The molecule has 0 aliphatic carbocycles. The summed E-state index contributed by atoms with van der Waals surface area (Å²) in [6.07, 6.45) is 0. The van der Waals surface area contributed by atoms with E-state index in [1.807, 2.05) is 18.2 Å². The van der Waals surface area contributed by atoms with E-state index in [0.717, 1.165) is 17.0 Å². The van der Waals surface area contributed by atoms with Crippen molar-refractivity contribution in [2.75, 3.05) is 0 Å². The molecule has 0 unspecified atom stereocenters.